The molecule has 2 aromatic carbocycles. The Hall–Kier alpha value is -2.34. The van der Waals surface area contributed by atoms with Gasteiger partial charge in [-0.2, -0.15) is 0 Å². The van der Waals surface area contributed by atoms with Crippen molar-refractivity contribution in [2.45, 2.75) is 44.9 Å². The zero-order valence-electron chi connectivity index (χ0n) is 16.2. The lowest BCUT2D eigenvalue weighted by Gasteiger charge is -2.25. The number of hydrogen-bond acceptors (Lipinski definition) is 3. The molecule has 1 saturated heterocycles. The molecule has 0 spiro atoms. The van der Waals surface area contributed by atoms with Gasteiger partial charge in [-0.05, 0) is 48.7 Å². The number of halogens is 1. The lowest BCUT2D eigenvalue weighted by atomic mass is 10.1. The summed E-state index contributed by atoms with van der Waals surface area (Å²) in [5.41, 5.74) is 2.72. The molecule has 2 aromatic rings. The SMILES string of the molecule is CCCCCC(=O)Nc1cccc(C2SCC(=O)N2c2ccc(C)c(F)c2)c1. The molecule has 148 valence electrons. The van der Waals surface area contributed by atoms with Gasteiger partial charge in [0.05, 0.1) is 5.75 Å². The van der Waals surface area contributed by atoms with Crippen molar-refractivity contribution in [3.8, 4) is 0 Å². The minimum Gasteiger partial charge on any atom is -0.326 e. The largest absolute Gasteiger partial charge is 0.326 e. The van der Waals surface area contributed by atoms with Gasteiger partial charge in [-0.15, -0.1) is 11.8 Å². The van der Waals surface area contributed by atoms with Crippen LogP contribution in [0.3, 0.4) is 0 Å². The molecule has 1 aliphatic heterocycles. The first-order valence-corrected chi connectivity index (χ1v) is 10.6. The fraction of sp³-hybridized carbons (Fsp3) is 0.364. The fourth-order valence-electron chi connectivity index (χ4n) is 3.21. The zero-order valence-corrected chi connectivity index (χ0v) is 17.0. The van der Waals surface area contributed by atoms with Gasteiger partial charge in [0.2, 0.25) is 11.8 Å². The van der Waals surface area contributed by atoms with E-state index in [0.717, 1.165) is 24.8 Å². The van der Waals surface area contributed by atoms with Gasteiger partial charge < -0.3 is 5.32 Å². The summed E-state index contributed by atoms with van der Waals surface area (Å²) in [5.74, 6) is -0.0344. The van der Waals surface area contributed by atoms with E-state index in [2.05, 4.69) is 12.2 Å². The van der Waals surface area contributed by atoms with Gasteiger partial charge in [0.1, 0.15) is 11.2 Å². The van der Waals surface area contributed by atoms with Crippen LogP contribution in [0, 0.1) is 12.7 Å². The number of nitrogens with one attached hydrogen (secondary N) is 1. The van der Waals surface area contributed by atoms with Gasteiger partial charge in [0.15, 0.2) is 0 Å². The molecule has 0 bridgehead atoms. The summed E-state index contributed by atoms with van der Waals surface area (Å²) < 4.78 is 14.0. The third-order valence-corrected chi connectivity index (χ3v) is 5.98. The van der Waals surface area contributed by atoms with Crippen LogP contribution in [0.5, 0.6) is 0 Å². The molecule has 1 heterocycles. The number of carbonyl (C=O) groups excluding carboxylic acids is 2. The molecule has 0 aliphatic carbocycles. The first kappa shape index (κ1) is 20.4. The Balaban J connectivity index is 1.79. The number of amides is 2. The molecule has 1 atom stereocenters. The molecule has 4 nitrogen and oxygen atoms in total. The van der Waals surface area contributed by atoms with Crippen molar-refractivity contribution in [1.29, 1.82) is 0 Å². The molecule has 6 heteroatoms. The zero-order chi connectivity index (χ0) is 20.1. The van der Waals surface area contributed by atoms with Crippen molar-refractivity contribution >= 4 is 35.0 Å². The normalized spacial score (nSPS) is 16.5. The Morgan fingerprint density at radius 3 is 2.82 bits per heavy atom. The molecule has 0 saturated carbocycles. The summed E-state index contributed by atoms with van der Waals surface area (Å²) in [5, 5.41) is 2.69. The first-order chi connectivity index (χ1) is 13.5. The fourth-order valence-corrected chi connectivity index (χ4v) is 4.38. The standard InChI is InChI=1S/C22H25FN2O2S/c1-3-4-5-9-20(26)24-17-8-6-7-16(12-17)22-25(21(27)14-28-22)18-11-10-15(2)19(23)13-18/h6-8,10-13,22H,3-5,9,14H2,1-2H3,(H,24,26). The Morgan fingerprint density at radius 2 is 2.07 bits per heavy atom. The Morgan fingerprint density at radius 1 is 1.25 bits per heavy atom. The van der Waals surface area contributed by atoms with Crippen LogP contribution in [0.15, 0.2) is 42.5 Å². The van der Waals surface area contributed by atoms with E-state index in [0.29, 0.717) is 29.1 Å². The van der Waals surface area contributed by atoms with E-state index in [9.17, 15) is 14.0 Å². The molecule has 0 radical (unpaired) electrons. The number of thioether (sulfide) groups is 1. The van der Waals surface area contributed by atoms with Crippen LogP contribution < -0.4 is 10.2 Å². The average Bonchev–Trinajstić information content (AvgIpc) is 3.06. The maximum Gasteiger partial charge on any atom is 0.238 e. The van der Waals surface area contributed by atoms with E-state index >= 15 is 0 Å². The predicted octanol–water partition coefficient (Wildman–Crippen LogP) is 5.43. The maximum atomic E-state index is 14.0. The quantitative estimate of drug-likeness (QED) is 0.630. The van der Waals surface area contributed by atoms with Crippen molar-refractivity contribution in [1.82, 2.24) is 0 Å². The Bertz CT molecular complexity index is 871. The van der Waals surface area contributed by atoms with Gasteiger partial charge in [-0.1, -0.05) is 38.0 Å². The molecular formula is C22H25FN2O2S. The summed E-state index contributed by atoms with van der Waals surface area (Å²) in [6.07, 6.45) is 3.49. The van der Waals surface area contributed by atoms with E-state index in [-0.39, 0.29) is 23.0 Å². The van der Waals surface area contributed by atoms with E-state index in [1.165, 1.54) is 17.8 Å². The van der Waals surface area contributed by atoms with Crippen LogP contribution in [0.2, 0.25) is 0 Å². The van der Waals surface area contributed by atoms with E-state index < -0.39 is 0 Å². The second-order valence-corrected chi connectivity index (χ2v) is 8.06. The summed E-state index contributed by atoms with van der Waals surface area (Å²) in [7, 11) is 0. The number of aryl methyl sites for hydroxylation is 1. The number of benzene rings is 2. The Kier molecular flexibility index (Phi) is 6.73. The van der Waals surface area contributed by atoms with Crippen molar-refractivity contribution < 1.29 is 14.0 Å². The van der Waals surface area contributed by atoms with Gasteiger partial charge in [0, 0.05) is 17.8 Å². The highest BCUT2D eigenvalue weighted by Crippen LogP contribution is 2.42. The molecule has 1 N–H and O–H groups in total. The van der Waals surface area contributed by atoms with Crippen molar-refractivity contribution in [3.63, 3.8) is 0 Å². The van der Waals surface area contributed by atoms with Gasteiger partial charge in [-0.25, -0.2) is 4.39 Å². The molecular weight excluding hydrogens is 375 g/mol. The van der Waals surface area contributed by atoms with Crippen LogP contribution >= 0.6 is 11.8 Å². The van der Waals surface area contributed by atoms with Gasteiger partial charge in [-0.3, -0.25) is 14.5 Å². The van der Waals surface area contributed by atoms with Gasteiger partial charge >= 0.3 is 0 Å². The highest BCUT2D eigenvalue weighted by molar-refractivity contribution is 8.00. The summed E-state index contributed by atoms with van der Waals surface area (Å²) >= 11 is 1.50. The smallest absolute Gasteiger partial charge is 0.238 e. The average molecular weight is 401 g/mol. The molecule has 2 amide bonds. The molecule has 0 aromatic heterocycles. The highest BCUT2D eigenvalue weighted by atomic mass is 32.2. The third kappa shape index (κ3) is 4.73. The number of hydrogen-bond donors (Lipinski definition) is 1. The van der Waals surface area contributed by atoms with Crippen LogP contribution in [0.1, 0.15) is 49.1 Å². The monoisotopic (exact) mass is 400 g/mol. The molecule has 1 aliphatic rings. The lowest BCUT2D eigenvalue weighted by molar-refractivity contribution is -0.117. The molecule has 1 unspecified atom stereocenters. The number of carbonyl (C=O) groups is 2. The number of unbranched alkanes of at least 4 members (excludes halogenated alkanes) is 2. The van der Waals surface area contributed by atoms with E-state index in [4.69, 9.17) is 0 Å². The van der Waals surface area contributed by atoms with Crippen LogP contribution in [-0.2, 0) is 9.59 Å². The van der Waals surface area contributed by atoms with Gasteiger partial charge in [0.25, 0.3) is 0 Å². The number of rotatable bonds is 7. The highest BCUT2D eigenvalue weighted by Gasteiger charge is 2.34. The summed E-state index contributed by atoms with van der Waals surface area (Å²) in [6, 6.07) is 12.4. The van der Waals surface area contributed by atoms with Crippen molar-refractivity contribution in [3.05, 3.63) is 59.4 Å². The van der Waals surface area contributed by atoms with Crippen molar-refractivity contribution in [2.75, 3.05) is 16.0 Å². The van der Waals surface area contributed by atoms with E-state index in [1.807, 2.05) is 24.3 Å². The topological polar surface area (TPSA) is 49.4 Å². The van der Waals surface area contributed by atoms with E-state index in [1.54, 1.807) is 24.0 Å². The lowest BCUT2D eigenvalue weighted by Crippen LogP contribution is -2.28. The summed E-state index contributed by atoms with van der Waals surface area (Å²) in [6.45, 7) is 3.80. The third-order valence-electron chi connectivity index (χ3n) is 4.76. The first-order valence-electron chi connectivity index (χ1n) is 9.59. The minimum atomic E-state index is -0.325. The Labute approximate surface area is 169 Å². The van der Waals surface area contributed by atoms with Crippen LogP contribution in [0.4, 0.5) is 15.8 Å². The second kappa shape index (κ2) is 9.24. The minimum absolute atomic E-state index is 0.00165. The second-order valence-electron chi connectivity index (χ2n) is 6.99. The maximum absolute atomic E-state index is 14.0. The summed E-state index contributed by atoms with van der Waals surface area (Å²) in [4.78, 5) is 26.2. The number of nitrogens with zero attached hydrogens (tertiary/aromatic N) is 1. The van der Waals surface area contributed by atoms with Crippen LogP contribution in [0.25, 0.3) is 0 Å². The predicted molar refractivity (Wildman–Crippen MR) is 113 cm³/mol. The van der Waals surface area contributed by atoms with Crippen LogP contribution in [-0.4, -0.2) is 17.6 Å². The number of anilines is 2. The molecule has 3 rings (SSSR count). The van der Waals surface area contributed by atoms with Crippen molar-refractivity contribution in [2.24, 2.45) is 0 Å². The molecule has 1 fully saturated rings. The molecule has 28 heavy (non-hydrogen) atoms.